The van der Waals surface area contributed by atoms with Crippen molar-refractivity contribution < 1.29 is 27.5 Å². The lowest BCUT2D eigenvalue weighted by Gasteiger charge is -2.32. The van der Waals surface area contributed by atoms with Crippen molar-refractivity contribution in [3.63, 3.8) is 0 Å². The maximum atomic E-state index is 13.0. The Kier molecular flexibility index (Phi) is 7.28. The van der Waals surface area contributed by atoms with Crippen LogP contribution in [0.2, 0.25) is 0 Å². The molecule has 2 heterocycles. The van der Waals surface area contributed by atoms with Crippen LogP contribution in [0.4, 0.5) is 18.9 Å². The minimum atomic E-state index is -4.53. The summed E-state index contributed by atoms with van der Waals surface area (Å²) in [5.41, 5.74) is 1.59. The fourth-order valence-electron chi connectivity index (χ4n) is 4.08. The van der Waals surface area contributed by atoms with Crippen molar-refractivity contribution in [3.8, 4) is 5.75 Å². The fraction of sp³-hybridized carbons (Fsp3) is 0.296. The van der Waals surface area contributed by atoms with Crippen LogP contribution in [-0.2, 0) is 6.18 Å². The second-order valence-electron chi connectivity index (χ2n) is 8.76. The highest BCUT2D eigenvalue weighted by Crippen LogP contribution is 2.30. The SMILES string of the molecule is Cc1ccc(NC(=O)c2cccc(C(F)(F)F)c2)cc1OC1CCN(C(=O)c2cccnc2C)CC1. The van der Waals surface area contributed by atoms with Crippen molar-refractivity contribution in [3.05, 3.63) is 88.7 Å². The van der Waals surface area contributed by atoms with Crippen LogP contribution in [-0.4, -0.2) is 40.9 Å². The standard InChI is InChI=1S/C27H26F3N3O3/c1-17-8-9-21(32-25(34)19-5-3-6-20(15-19)27(28,29)30)16-24(17)36-22-10-13-33(14-11-22)26(35)23-7-4-12-31-18(23)2/h3-9,12,15-16,22H,10-11,13-14H2,1-2H3,(H,32,34). The molecule has 1 saturated heterocycles. The van der Waals surface area contributed by atoms with E-state index in [1.807, 2.05) is 13.8 Å². The maximum Gasteiger partial charge on any atom is 0.416 e. The molecule has 0 atom stereocenters. The van der Waals surface area contributed by atoms with Gasteiger partial charge in [0.05, 0.1) is 11.1 Å². The number of amides is 2. The van der Waals surface area contributed by atoms with Crippen LogP contribution in [0.1, 0.15) is 50.4 Å². The molecule has 9 heteroatoms. The van der Waals surface area contributed by atoms with Crippen molar-refractivity contribution in [2.24, 2.45) is 0 Å². The Morgan fingerprint density at radius 3 is 2.47 bits per heavy atom. The van der Waals surface area contributed by atoms with Crippen molar-refractivity contribution in [1.29, 1.82) is 0 Å². The minimum Gasteiger partial charge on any atom is -0.490 e. The summed E-state index contributed by atoms with van der Waals surface area (Å²) in [6, 6.07) is 12.9. The lowest BCUT2D eigenvalue weighted by molar-refractivity contribution is -0.137. The normalized spacial score (nSPS) is 14.4. The van der Waals surface area contributed by atoms with Crippen LogP contribution < -0.4 is 10.1 Å². The van der Waals surface area contributed by atoms with E-state index < -0.39 is 17.6 Å². The summed E-state index contributed by atoms with van der Waals surface area (Å²) in [4.78, 5) is 31.4. The van der Waals surface area contributed by atoms with Gasteiger partial charge in [-0.1, -0.05) is 12.1 Å². The first-order valence-electron chi connectivity index (χ1n) is 11.6. The quantitative estimate of drug-likeness (QED) is 0.494. The number of hydrogen-bond donors (Lipinski definition) is 1. The Balaban J connectivity index is 1.38. The van der Waals surface area contributed by atoms with Gasteiger partial charge < -0.3 is 15.0 Å². The molecule has 0 spiro atoms. The zero-order valence-electron chi connectivity index (χ0n) is 19.9. The average Bonchev–Trinajstić information content (AvgIpc) is 2.86. The second-order valence-corrected chi connectivity index (χ2v) is 8.76. The number of aryl methyl sites for hydroxylation is 2. The third-order valence-electron chi connectivity index (χ3n) is 6.16. The molecule has 0 aliphatic carbocycles. The van der Waals surface area contributed by atoms with Gasteiger partial charge >= 0.3 is 6.18 Å². The van der Waals surface area contributed by atoms with E-state index in [4.69, 9.17) is 4.74 Å². The van der Waals surface area contributed by atoms with Crippen LogP contribution in [0.15, 0.2) is 60.8 Å². The van der Waals surface area contributed by atoms with Gasteiger partial charge in [-0.2, -0.15) is 13.2 Å². The number of ether oxygens (including phenoxy) is 1. The summed E-state index contributed by atoms with van der Waals surface area (Å²) in [5.74, 6) is -0.118. The van der Waals surface area contributed by atoms with Gasteiger partial charge in [0.15, 0.2) is 0 Å². The van der Waals surface area contributed by atoms with E-state index in [1.54, 1.807) is 41.4 Å². The van der Waals surface area contributed by atoms with Crippen LogP contribution in [0, 0.1) is 13.8 Å². The summed E-state index contributed by atoms with van der Waals surface area (Å²) < 4.78 is 45.1. The summed E-state index contributed by atoms with van der Waals surface area (Å²) in [6.07, 6.45) is -1.70. The number of benzene rings is 2. The lowest BCUT2D eigenvalue weighted by atomic mass is 10.1. The van der Waals surface area contributed by atoms with E-state index in [0.717, 1.165) is 17.7 Å². The van der Waals surface area contributed by atoms with E-state index in [0.29, 0.717) is 48.6 Å². The first-order chi connectivity index (χ1) is 17.1. The molecule has 1 aliphatic heterocycles. The van der Waals surface area contributed by atoms with Crippen molar-refractivity contribution in [2.45, 2.75) is 39.0 Å². The number of hydrogen-bond acceptors (Lipinski definition) is 4. The van der Waals surface area contributed by atoms with Crippen molar-refractivity contribution in [2.75, 3.05) is 18.4 Å². The van der Waals surface area contributed by atoms with Gasteiger partial charge in [-0.15, -0.1) is 0 Å². The number of anilines is 1. The number of rotatable bonds is 5. The van der Waals surface area contributed by atoms with Gasteiger partial charge in [-0.3, -0.25) is 14.6 Å². The number of nitrogens with one attached hydrogen (secondary N) is 1. The Morgan fingerprint density at radius 1 is 1.03 bits per heavy atom. The average molecular weight is 498 g/mol. The highest BCUT2D eigenvalue weighted by molar-refractivity contribution is 6.04. The van der Waals surface area contributed by atoms with E-state index in [-0.39, 0.29) is 17.6 Å². The van der Waals surface area contributed by atoms with Gasteiger partial charge in [0, 0.05) is 55.1 Å². The van der Waals surface area contributed by atoms with Gasteiger partial charge in [-0.25, -0.2) is 0 Å². The summed E-state index contributed by atoms with van der Waals surface area (Å²) >= 11 is 0. The topological polar surface area (TPSA) is 71.5 Å². The number of carbonyl (C=O) groups is 2. The zero-order valence-corrected chi connectivity index (χ0v) is 19.9. The number of halogens is 3. The molecule has 188 valence electrons. The Bertz CT molecular complexity index is 1270. The molecule has 36 heavy (non-hydrogen) atoms. The molecule has 2 amide bonds. The molecule has 0 saturated carbocycles. The Morgan fingerprint density at radius 2 is 1.78 bits per heavy atom. The number of alkyl halides is 3. The largest absolute Gasteiger partial charge is 0.490 e. The molecular weight excluding hydrogens is 471 g/mol. The molecule has 1 aromatic heterocycles. The van der Waals surface area contributed by atoms with Crippen molar-refractivity contribution in [1.82, 2.24) is 9.88 Å². The first kappa shape index (κ1) is 25.2. The number of pyridine rings is 1. The minimum absolute atomic E-state index is 0.0467. The van der Waals surface area contributed by atoms with E-state index in [9.17, 15) is 22.8 Å². The number of aromatic nitrogens is 1. The molecule has 4 rings (SSSR count). The number of carbonyl (C=O) groups excluding carboxylic acids is 2. The third kappa shape index (κ3) is 5.84. The molecular formula is C27H26F3N3O3. The molecule has 0 bridgehead atoms. The lowest BCUT2D eigenvalue weighted by Crippen LogP contribution is -2.42. The first-order valence-corrected chi connectivity index (χ1v) is 11.6. The smallest absolute Gasteiger partial charge is 0.416 e. The van der Waals surface area contributed by atoms with Crippen LogP contribution in [0.5, 0.6) is 5.75 Å². The van der Waals surface area contributed by atoms with E-state index in [1.165, 1.54) is 12.1 Å². The fourth-order valence-corrected chi connectivity index (χ4v) is 4.08. The molecule has 3 aromatic rings. The van der Waals surface area contributed by atoms with Gasteiger partial charge in [0.1, 0.15) is 11.9 Å². The molecule has 0 radical (unpaired) electrons. The van der Waals surface area contributed by atoms with Crippen LogP contribution in [0.3, 0.4) is 0 Å². The van der Waals surface area contributed by atoms with E-state index in [2.05, 4.69) is 10.3 Å². The number of piperidine rings is 1. The number of likely N-dealkylation sites (tertiary alicyclic amines) is 1. The molecule has 2 aromatic carbocycles. The van der Waals surface area contributed by atoms with Gasteiger partial charge in [0.25, 0.3) is 11.8 Å². The summed E-state index contributed by atoms with van der Waals surface area (Å²) in [6.45, 7) is 4.77. The zero-order chi connectivity index (χ0) is 25.9. The van der Waals surface area contributed by atoms with Gasteiger partial charge in [-0.05, 0) is 55.8 Å². The third-order valence-corrected chi connectivity index (χ3v) is 6.16. The summed E-state index contributed by atoms with van der Waals surface area (Å²) in [7, 11) is 0. The predicted molar refractivity (Wildman–Crippen MR) is 129 cm³/mol. The second kappa shape index (κ2) is 10.4. The molecule has 0 unspecified atom stereocenters. The highest BCUT2D eigenvalue weighted by Gasteiger charge is 2.31. The monoisotopic (exact) mass is 497 g/mol. The Labute approximate surface area is 207 Å². The maximum absolute atomic E-state index is 13.0. The molecule has 1 N–H and O–H groups in total. The van der Waals surface area contributed by atoms with E-state index >= 15 is 0 Å². The molecule has 1 aliphatic rings. The van der Waals surface area contributed by atoms with Gasteiger partial charge in [0.2, 0.25) is 0 Å². The summed E-state index contributed by atoms with van der Waals surface area (Å²) in [5, 5.41) is 2.64. The molecule has 6 nitrogen and oxygen atoms in total. The van der Waals surface area contributed by atoms with Crippen molar-refractivity contribution >= 4 is 17.5 Å². The van der Waals surface area contributed by atoms with Crippen LogP contribution >= 0.6 is 0 Å². The number of nitrogens with zero attached hydrogens (tertiary/aromatic N) is 2. The predicted octanol–water partition coefficient (Wildman–Crippen LogP) is 5.65. The van der Waals surface area contributed by atoms with Crippen LogP contribution in [0.25, 0.3) is 0 Å². The molecule has 1 fully saturated rings. The Hall–Kier alpha value is -3.88. The highest BCUT2D eigenvalue weighted by atomic mass is 19.4.